The molecule has 1 atom stereocenters. The number of anilines is 1. The molecule has 4 heterocycles. The fourth-order valence-corrected chi connectivity index (χ4v) is 2.66. The lowest BCUT2D eigenvalue weighted by Gasteiger charge is -2.32. The number of aromatic nitrogens is 4. The third-order valence-corrected chi connectivity index (χ3v) is 3.84. The third-order valence-electron chi connectivity index (χ3n) is 3.84. The molecule has 118 valence electrons. The van der Waals surface area contributed by atoms with Gasteiger partial charge < -0.3 is 14.1 Å². The average molecular weight is 311 g/mol. The zero-order valence-electron chi connectivity index (χ0n) is 12.8. The normalized spacial score (nSPS) is 18.3. The average Bonchev–Trinajstić information content (AvgIpc) is 3.27. The second kappa shape index (κ2) is 5.85. The van der Waals surface area contributed by atoms with Crippen LogP contribution in [0.3, 0.4) is 0 Å². The molecule has 0 saturated carbocycles. The Kier molecular flexibility index (Phi) is 3.55. The van der Waals surface area contributed by atoms with Crippen LogP contribution < -0.4 is 4.90 Å². The highest BCUT2D eigenvalue weighted by Gasteiger charge is 2.25. The van der Waals surface area contributed by atoms with Gasteiger partial charge in [-0.25, -0.2) is 4.68 Å². The Morgan fingerprint density at radius 1 is 1.13 bits per heavy atom. The predicted molar refractivity (Wildman–Crippen MR) is 83.5 cm³/mol. The van der Waals surface area contributed by atoms with Crippen LogP contribution in [0, 0.1) is 6.92 Å². The highest BCUT2D eigenvalue weighted by Crippen LogP contribution is 2.25. The minimum Gasteiger partial charge on any atom is -0.467 e. The summed E-state index contributed by atoms with van der Waals surface area (Å²) in [5.74, 6) is 2.38. The van der Waals surface area contributed by atoms with Gasteiger partial charge in [-0.2, -0.15) is 5.10 Å². The number of rotatable bonds is 3. The van der Waals surface area contributed by atoms with Gasteiger partial charge in [0, 0.05) is 12.7 Å². The summed E-state index contributed by atoms with van der Waals surface area (Å²) in [6, 6.07) is 9.63. The third kappa shape index (κ3) is 2.83. The summed E-state index contributed by atoms with van der Waals surface area (Å²) < 4.78 is 12.9. The number of morpholine rings is 1. The molecule has 0 amide bonds. The first-order valence-electron chi connectivity index (χ1n) is 7.56. The first kappa shape index (κ1) is 14.0. The molecule has 3 aromatic rings. The number of ether oxygens (including phenoxy) is 1. The molecular formula is C16H17N5O2. The molecule has 0 spiro atoms. The molecule has 1 fully saturated rings. The minimum absolute atomic E-state index is 0.0750. The van der Waals surface area contributed by atoms with E-state index in [-0.39, 0.29) is 6.10 Å². The zero-order chi connectivity index (χ0) is 15.6. The molecule has 0 N–H and O–H groups in total. The SMILES string of the molecule is Cc1ccn(-c2ccc(N3CCOC(c4ccco4)C3)nn2)n1. The first-order valence-corrected chi connectivity index (χ1v) is 7.56. The van der Waals surface area contributed by atoms with E-state index in [4.69, 9.17) is 9.15 Å². The van der Waals surface area contributed by atoms with E-state index >= 15 is 0 Å². The fraction of sp³-hybridized carbons (Fsp3) is 0.312. The molecule has 4 rings (SSSR count). The summed E-state index contributed by atoms with van der Waals surface area (Å²) in [5, 5.41) is 12.9. The van der Waals surface area contributed by atoms with Crippen molar-refractivity contribution in [2.75, 3.05) is 24.6 Å². The largest absolute Gasteiger partial charge is 0.467 e. The predicted octanol–water partition coefficient (Wildman–Crippen LogP) is 2.14. The van der Waals surface area contributed by atoms with Crippen molar-refractivity contribution >= 4 is 5.82 Å². The van der Waals surface area contributed by atoms with Gasteiger partial charge in [-0.1, -0.05) is 0 Å². The van der Waals surface area contributed by atoms with Crippen molar-refractivity contribution in [2.24, 2.45) is 0 Å². The molecule has 7 heteroatoms. The molecule has 23 heavy (non-hydrogen) atoms. The topological polar surface area (TPSA) is 69.2 Å². The molecule has 0 bridgehead atoms. The molecule has 0 aliphatic carbocycles. The Balaban J connectivity index is 1.51. The van der Waals surface area contributed by atoms with Crippen molar-refractivity contribution in [3.8, 4) is 5.82 Å². The van der Waals surface area contributed by atoms with Gasteiger partial charge in [0.15, 0.2) is 11.6 Å². The molecule has 7 nitrogen and oxygen atoms in total. The van der Waals surface area contributed by atoms with Crippen LogP contribution in [0.2, 0.25) is 0 Å². The molecule has 0 aromatic carbocycles. The number of furan rings is 1. The molecule has 3 aromatic heterocycles. The Bertz CT molecular complexity index is 766. The van der Waals surface area contributed by atoms with Gasteiger partial charge in [0.05, 0.1) is 25.1 Å². The molecule has 0 radical (unpaired) electrons. The minimum atomic E-state index is -0.0750. The lowest BCUT2D eigenvalue weighted by Crippen LogP contribution is -2.38. The van der Waals surface area contributed by atoms with E-state index in [2.05, 4.69) is 20.2 Å². The first-order chi connectivity index (χ1) is 11.3. The van der Waals surface area contributed by atoms with Crippen molar-refractivity contribution in [3.63, 3.8) is 0 Å². The smallest absolute Gasteiger partial charge is 0.175 e. The van der Waals surface area contributed by atoms with Crippen LogP contribution in [0.1, 0.15) is 17.6 Å². The van der Waals surface area contributed by atoms with Crippen LogP contribution in [-0.2, 0) is 4.74 Å². The Morgan fingerprint density at radius 2 is 2.00 bits per heavy atom. The van der Waals surface area contributed by atoms with E-state index in [1.807, 2.05) is 43.5 Å². The van der Waals surface area contributed by atoms with E-state index in [1.54, 1.807) is 10.9 Å². The molecule has 1 aliphatic rings. The van der Waals surface area contributed by atoms with Crippen molar-refractivity contribution in [1.82, 2.24) is 20.0 Å². The molecule has 1 aliphatic heterocycles. The van der Waals surface area contributed by atoms with Crippen LogP contribution >= 0.6 is 0 Å². The lowest BCUT2D eigenvalue weighted by atomic mass is 10.2. The van der Waals surface area contributed by atoms with Crippen LogP contribution in [0.15, 0.2) is 47.2 Å². The fourth-order valence-electron chi connectivity index (χ4n) is 2.66. The van der Waals surface area contributed by atoms with Crippen molar-refractivity contribution in [3.05, 3.63) is 54.2 Å². The maximum atomic E-state index is 5.77. The second-order valence-electron chi connectivity index (χ2n) is 5.47. The van der Waals surface area contributed by atoms with E-state index < -0.39 is 0 Å². The quantitative estimate of drug-likeness (QED) is 0.738. The van der Waals surface area contributed by atoms with Crippen molar-refractivity contribution < 1.29 is 9.15 Å². The van der Waals surface area contributed by atoms with E-state index in [0.717, 1.165) is 23.8 Å². The monoisotopic (exact) mass is 311 g/mol. The lowest BCUT2D eigenvalue weighted by molar-refractivity contribution is 0.0254. The Labute approximate surface area is 133 Å². The van der Waals surface area contributed by atoms with E-state index in [9.17, 15) is 0 Å². The van der Waals surface area contributed by atoms with Crippen LogP contribution in [-0.4, -0.2) is 39.7 Å². The van der Waals surface area contributed by atoms with Gasteiger partial charge in [-0.3, -0.25) is 0 Å². The number of aryl methyl sites for hydroxylation is 1. The molecule has 1 saturated heterocycles. The van der Waals surface area contributed by atoms with E-state index in [1.165, 1.54) is 0 Å². The summed E-state index contributed by atoms with van der Waals surface area (Å²) >= 11 is 0. The number of hydrogen-bond acceptors (Lipinski definition) is 6. The Hall–Kier alpha value is -2.67. The van der Waals surface area contributed by atoms with Gasteiger partial charge in [0.25, 0.3) is 0 Å². The standard InChI is InChI=1S/C16H17N5O2/c1-12-6-7-21(19-12)16-5-4-15(17-18-16)20-8-10-23-14(11-20)13-3-2-9-22-13/h2-7,9,14H,8,10-11H2,1H3. The summed E-state index contributed by atoms with van der Waals surface area (Å²) in [5.41, 5.74) is 0.949. The van der Waals surface area contributed by atoms with Crippen molar-refractivity contribution in [1.29, 1.82) is 0 Å². The highest BCUT2D eigenvalue weighted by atomic mass is 16.5. The van der Waals surface area contributed by atoms with E-state index in [0.29, 0.717) is 19.0 Å². The summed E-state index contributed by atoms with van der Waals surface area (Å²) in [7, 11) is 0. The van der Waals surface area contributed by atoms with Gasteiger partial charge in [0.2, 0.25) is 0 Å². The molecular weight excluding hydrogens is 294 g/mol. The maximum Gasteiger partial charge on any atom is 0.175 e. The van der Waals surface area contributed by atoms with Gasteiger partial charge in [-0.05, 0) is 37.3 Å². The van der Waals surface area contributed by atoms with Crippen LogP contribution in [0.25, 0.3) is 5.82 Å². The van der Waals surface area contributed by atoms with Gasteiger partial charge in [-0.15, -0.1) is 10.2 Å². The second-order valence-corrected chi connectivity index (χ2v) is 5.47. The maximum absolute atomic E-state index is 5.77. The van der Waals surface area contributed by atoms with Crippen LogP contribution in [0.5, 0.6) is 0 Å². The highest BCUT2D eigenvalue weighted by molar-refractivity contribution is 5.40. The summed E-state index contributed by atoms with van der Waals surface area (Å²) in [6.45, 7) is 4.06. The number of nitrogens with zero attached hydrogens (tertiary/aromatic N) is 5. The van der Waals surface area contributed by atoms with Crippen LogP contribution in [0.4, 0.5) is 5.82 Å². The zero-order valence-corrected chi connectivity index (χ0v) is 12.8. The number of hydrogen-bond donors (Lipinski definition) is 0. The summed E-state index contributed by atoms with van der Waals surface area (Å²) in [6.07, 6.45) is 3.47. The van der Waals surface area contributed by atoms with Gasteiger partial charge >= 0.3 is 0 Å². The summed E-state index contributed by atoms with van der Waals surface area (Å²) in [4.78, 5) is 2.15. The molecule has 1 unspecified atom stereocenters. The van der Waals surface area contributed by atoms with Gasteiger partial charge in [0.1, 0.15) is 11.9 Å². The van der Waals surface area contributed by atoms with Crippen molar-refractivity contribution in [2.45, 2.75) is 13.0 Å². The Morgan fingerprint density at radius 3 is 2.70 bits per heavy atom.